The summed E-state index contributed by atoms with van der Waals surface area (Å²) in [4.78, 5) is 12.9. The van der Waals surface area contributed by atoms with Gasteiger partial charge in [0.1, 0.15) is 6.54 Å². The third kappa shape index (κ3) is 2.93. The Hall–Kier alpha value is -2.01. The minimum absolute atomic E-state index is 0.132. The van der Waals surface area contributed by atoms with Gasteiger partial charge in [-0.3, -0.25) is 4.79 Å². The van der Waals surface area contributed by atoms with Crippen LogP contribution in [0.15, 0.2) is 42.0 Å². The standard InChI is InChI=1S/C19H24N3O/c1-22(10-8-20,11-9-21)13-16-12-15-6-2-4-14-5-3-7-17(18(14)15)19(16)23/h2-7,12H,8-11,13,20-21H2,1H3/q+1. The molecule has 23 heavy (non-hydrogen) atoms. The molecule has 0 aromatic heterocycles. The number of nitrogens with two attached hydrogens (primary N) is 2. The topological polar surface area (TPSA) is 69.1 Å². The number of likely N-dealkylation sites (N-methyl/N-ethyl adjacent to an activating group) is 1. The predicted octanol–water partition coefficient (Wildman–Crippen LogP) is 1.78. The molecule has 4 nitrogen and oxygen atoms in total. The van der Waals surface area contributed by atoms with Gasteiger partial charge in [-0.1, -0.05) is 36.4 Å². The van der Waals surface area contributed by atoms with Crippen molar-refractivity contribution in [2.24, 2.45) is 11.5 Å². The van der Waals surface area contributed by atoms with Gasteiger partial charge in [0, 0.05) is 24.0 Å². The number of Topliss-reactive ketones (excluding diaryl/α,β-unsaturated/α-hetero) is 1. The number of ketones is 1. The Morgan fingerprint density at radius 2 is 1.65 bits per heavy atom. The summed E-state index contributed by atoms with van der Waals surface area (Å²) in [5.41, 5.74) is 14.3. The smallest absolute Gasteiger partial charge is 0.195 e. The van der Waals surface area contributed by atoms with E-state index >= 15 is 0 Å². The lowest BCUT2D eigenvalue weighted by Gasteiger charge is -2.35. The number of benzene rings is 2. The highest BCUT2D eigenvalue weighted by Crippen LogP contribution is 2.32. The van der Waals surface area contributed by atoms with E-state index in [1.54, 1.807) is 0 Å². The highest BCUT2D eigenvalue weighted by atomic mass is 16.1. The molecule has 0 saturated heterocycles. The summed E-state index contributed by atoms with van der Waals surface area (Å²) < 4.78 is 0.697. The summed E-state index contributed by atoms with van der Waals surface area (Å²) in [5, 5.41) is 2.18. The first-order valence-electron chi connectivity index (χ1n) is 8.09. The molecule has 2 aromatic rings. The molecule has 0 saturated carbocycles. The van der Waals surface area contributed by atoms with Crippen LogP contribution in [0.1, 0.15) is 15.9 Å². The minimum atomic E-state index is 0.132. The van der Waals surface area contributed by atoms with E-state index in [1.165, 1.54) is 0 Å². The molecule has 0 heterocycles. The molecule has 0 amide bonds. The lowest BCUT2D eigenvalue weighted by Crippen LogP contribution is -2.51. The van der Waals surface area contributed by atoms with E-state index in [-0.39, 0.29) is 5.78 Å². The summed E-state index contributed by atoms with van der Waals surface area (Å²) in [6, 6.07) is 12.1. The average molecular weight is 310 g/mol. The van der Waals surface area contributed by atoms with E-state index in [2.05, 4.69) is 25.2 Å². The van der Waals surface area contributed by atoms with E-state index in [1.807, 2.05) is 24.3 Å². The molecule has 1 aliphatic carbocycles. The van der Waals surface area contributed by atoms with Gasteiger partial charge in [0.15, 0.2) is 5.78 Å². The number of hydrogen-bond acceptors (Lipinski definition) is 3. The number of quaternary nitrogens is 1. The first-order valence-corrected chi connectivity index (χ1v) is 8.09. The molecule has 0 fully saturated rings. The number of hydrogen-bond donors (Lipinski definition) is 2. The van der Waals surface area contributed by atoms with Crippen LogP contribution in [-0.2, 0) is 0 Å². The molecular weight excluding hydrogens is 286 g/mol. The molecule has 4 heteroatoms. The number of carbonyl (C=O) groups excluding carboxylic acids is 1. The van der Waals surface area contributed by atoms with Crippen molar-refractivity contribution in [3.63, 3.8) is 0 Å². The quantitative estimate of drug-likeness (QED) is 0.799. The summed E-state index contributed by atoms with van der Waals surface area (Å²) in [6.07, 6.45) is 2.04. The fourth-order valence-corrected chi connectivity index (χ4v) is 3.53. The maximum Gasteiger partial charge on any atom is 0.195 e. The van der Waals surface area contributed by atoms with Crippen LogP contribution in [0.5, 0.6) is 0 Å². The van der Waals surface area contributed by atoms with Crippen LogP contribution in [0, 0.1) is 0 Å². The zero-order chi connectivity index (χ0) is 16.4. The fourth-order valence-electron chi connectivity index (χ4n) is 3.53. The van der Waals surface area contributed by atoms with Crippen LogP contribution in [-0.4, -0.2) is 50.0 Å². The molecular formula is C19H24N3O+. The number of rotatable bonds is 6. The summed E-state index contributed by atoms with van der Waals surface area (Å²) in [6.45, 7) is 3.47. The lowest BCUT2D eigenvalue weighted by atomic mass is 9.87. The maximum atomic E-state index is 12.9. The van der Waals surface area contributed by atoms with Crippen molar-refractivity contribution < 1.29 is 9.28 Å². The third-order valence-corrected chi connectivity index (χ3v) is 4.69. The van der Waals surface area contributed by atoms with E-state index in [4.69, 9.17) is 11.5 Å². The first kappa shape index (κ1) is 15.9. The molecule has 1 aliphatic rings. The van der Waals surface area contributed by atoms with Crippen molar-refractivity contribution in [2.75, 3.05) is 39.8 Å². The third-order valence-electron chi connectivity index (χ3n) is 4.69. The van der Waals surface area contributed by atoms with Gasteiger partial charge in [-0.2, -0.15) is 0 Å². The second kappa shape index (κ2) is 6.24. The molecule has 0 unspecified atom stereocenters. The van der Waals surface area contributed by atoms with E-state index in [0.717, 1.165) is 40.6 Å². The highest BCUT2D eigenvalue weighted by Gasteiger charge is 2.29. The minimum Gasteiger partial charge on any atom is -0.326 e. The van der Waals surface area contributed by atoms with Crippen molar-refractivity contribution in [1.29, 1.82) is 0 Å². The maximum absolute atomic E-state index is 12.9. The average Bonchev–Trinajstić information content (AvgIpc) is 2.52. The summed E-state index contributed by atoms with van der Waals surface area (Å²) >= 11 is 0. The van der Waals surface area contributed by atoms with Crippen LogP contribution < -0.4 is 11.5 Å². The van der Waals surface area contributed by atoms with Crippen molar-refractivity contribution in [1.82, 2.24) is 0 Å². The Morgan fingerprint density at radius 3 is 2.30 bits per heavy atom. The van der Waals surface area contributed by atoms with Gasteiger partial charge >= 0.3 is 0 Å². The molecule has 0 aliphatic heterocycles. The van der Waals surface area contributed by atoms with E-state index in [0.29, 0.717) is 24.1 Å². The van der Waals surface area contributed by atoms with Crippen molar-refractivity contribution in [2.45, 2.75) is 0 Å². The van der Waals surface area contributed by atoms with Gasteiger partial charge in [-0.25, -0.2) is 0 Å². The van der Waals surface area contributed by atoms with Crippen molar-refractivity contribution >= 4 is 22.6 Å². The molecule has 0 bridgehead atoms. The van der Waals surface area contributed by atoms with E-state index in [9.17, 15) is 4.79 Å². The van der Waals surface area contributed by atoms with Crippen LogP contribution in [0.25, 0.3) is 16.8 Å². The normalized spacial score (nSPS) is 14.2. The zero-order valence-electron chi connectivity index (χ0n) is 13.6. The van der Waals surface area contributed by atoms with E-state index < -0.39 is 0 Å². The molecule has 3 rings (SSSR count). The lowest BCUT2D eigenvalue weighted by molar-refractivity contribution is -0.901. The van der Waals surface area contributed by atoms with Gasteiger partial charge in [-0.05, 0) is 17.0 Å². The van der Waals surface area contributed by atoms with Gasteiger partial charge in [-0.15, -0.1) is 0 Å². The van der Waals surface area contributed by atoms with Gasteiger partial charge in [0.25, 0.3) is 0 Å². The monoisotopic (exact) mass is 310 g/mol. The first-order chi connectivity index (χ1) is 11.1. The van der Waals surface area contributed by atoms with Gasteiger partial charge in [0.05, 0.1) is 25.7 Å². The summed E-state index contributed by atoms with van der Waals surface area (Å²) in [5.74, 6) is 0.132. The van der Waals surface area contributed by atoms with Crippen LogP contribution in [0.4, 0.5) is 0 Å². The molecule has 120 valence electrons. The molecule has 4 N–H and O–H groups in total. The van der Waals surface area contributed by atoms with Crippen molar-refractivity contribution in [3.05, 3.63) is 53.1 Å². The summed E-state index contributed by atoms with van der Waals surface area (Å²) in [7, 11) is 2.12. The molecule has 0 spiro atoms. The molecule has 0 atom stereocenters. The number of carbonyl (C=O) groups is 1. The Labute approximate surface area is 137 Å². The molecule has 2 aromatic carbocycles. The largest absolute Gasteiger partial charge is 0.326 e. The second-order valence-corrected chi connectivity index (χ2v) is 6.55. The van der Waals surface area contributed by atoms with Crippen LogP contribution in [0.2, 0.25) is 0 Å². The van der Waals surface area contributed by atoms with Crippen molar-refractivity contribution in [3.8, 4) is 0 Å². The number of nitrogens with zero attached hydrogens (tertiary/aromatic N) is 1. The Kier molecular flexibility index (Phi) is 4.31. The van der Waals surface area contributed by atoms with Crippen LogP contribution in [0.3, 0.4) is 0 Å². The van der Waals surface area contributed by atoms with Gasteiger partial charge < -0.3 is 16.0 Å². The zero-order valence-corrected chi connectivity index (χ0v) is 13.6. The fraction of sp³-hybridized carbons (Fsp3) is 0.316. The van der Waals surface area contributed by atoms with Gasteiger partial charge in [0.2, 0.25) is 0 Å². The molecule has 0 radical (unpaired) electrons. The highest BCUT2D eigenvalue weighted by molar-refractivity contribution is 6.22. The second-order valence-electron chi connectivity index (χ2n) is 6.55. The Balaban J connectivity index is 2.03. The Morgan fingerprint density at radius 1 is 1.00 bits per heavy atom. The Bertz CT molecular complexity index is 768. The SMILES string of the molecule is C[N+](CCN)(CCN)CC1=Cc2cccc3cccc(c23)C1=O. The van der Waals surface area contributed by atoms with Crippen LogP contribution >= 0.6 is 0 Å². The predicted molar refractivity (Wildman–Crippen MR) is 95.1 cm³/mol.